The van der Waals surface area contributed by atoms with E-state index in [0.29, 0.717) is 24.3 Å². The summed E-state index contributed by atoms with van der Waals surface area (Å²) in [6.07, 6.45) is 4.46. The minimum absolute atomic E-state index is 0.297. The second-order valence-corrected chi connectivity index (χ2v) is 5.61. The van der Waals surface area contributed by atoms with Crippen LogP contribution in [0.2, 0.25) is 0 Å². The average Bonchev–Trinajstić information content (AvgIpc) is 2.40. The van der Waals surface area contributed by atoms with Gasteiger partial charge in [0.1, 0.15) is 5.82 Å². The van der Waals surface area contributed by atoms with Crippen molar-refractivity contribution in [1.82, 2.24) is 9.88 Å². The molecule has 0 unspecified atom stereocenters. The summed E-state index contributed by atoms with van der Waals surface area (Å²) in [7, 11) is 0. The molecule has 0 spiro atoms. The maximum absolute atomic E-state index is 12.0. The van der Waals surface area contributed by atoms with Crippen molar-refractivity contribution in [2.45, 2.75) is 39.2 Å². The van der Waals surface area contributed by atoms with Crippen molar-refractivity contribution in [3.8, 4) is 0 Å². The molecule has 0 atom stereocenters. The zero-order valence-corrected chi connectivity index (χ0v) is 11.8. The average molecular weight is 261 g/mol. The Labute approximate surface area is 115 Å². The molecule has 19 heavy (non-hydrogen) atoms. The Morgan fingerprint density at radius 1 is 1.42 bits per heavy atom. The minimum atomic E-state index is 0.297. The Morgan fingerprint density at radius 3 is 2.74 bits per heavy atom. The third-order valence-corrected chi connectivity index (χ3v) is 3.45. The summed E-state index contributed by atoms with van der Waals surface area (Å²) < 4.78 is 0. The number of carbonyl (C=O) groups excluding carboxylic acids is 1. The Morgan fingerprint density at radius 2 is 2.16 bits per heavy atom. The fourth-order valence-electron chi connectivity index (χ4n) is 2.41. The fourth-order valence-corrected chi connectivity index (χ4v) is 2.41. The van der Waals surface area contributed by atoms with Gasteiger partial charge in [0.25, 0.3) is 0 Å². The van der Waals surface area contributed by atoms with Crippen molar-refractivity contribution in [3.05, 3.63) is 24.4 Å². The lowest BCUT2D eigenvalue weighted by molar-refractivity contribution is -0.132. The van der Waals surface area contributed by atoms with E-state index in [0.717, 1.165) is 31.7 Å². The predicted octanol–water partition coefficient (Wildman–Crippen LogP) is 2.53. The van der Waals surface area contributed by atoms with E-state index in [-0.39, 0.29) is 0 Å². The molecule has 4 heteroatoms. The van der Waals surface area contributed by atoms with Gasteiger partial charge in [0.2, 0.25) is 5.91 Å². The molecular weight excluding hydrogens is 238 g/mol. The molecule has 0 bridgehead atoms. The van der Waals surface area contributed by atoms with Crippen LogP contribution in [0.1, 0.15) is 33.1 Å². The van der Waals surface area contributed by atoms with E-state index < -0.39 is 0 Å². The van der Waals surface area contributed by atoms with Gasteiger partial charge in [0.05, 0.1) is 0 Å². The summed E-state index contributed by atoms with van der Waals surface area (Å²) >= 11 is 0. The monoisotopic (exact) mass is 261 g/mol. The normalized spacial score (nSPS) is 16.7. The highest BCUT2D eigenvalue weighted by atomic mass is 16.2. The Hall–Kier alpha value is -1.58. The molecule has 0 aromatic carbocycles. The summed E-state index contributed by atoms with van der Waals surface area (Å²) in [5.74, 6) is 1.66. The first-order valence-corrected chi connectivity index (χ1v) is 7.10. The van der Waals surface area contributed by atoms with Crippen molar-refractivity contribution < 1.29 is 4.79 Å². The van der Waals surface area contributed by atoms with Crippen LogP contribution in [0.3, 0.4) is 0 Å². The Bertz CT molecular complexity index is 397. The van der Waals surface area contributed by atoms with Crippen molar-refractivity contribution in [3.63, 3.8) is 0 Å². The van der Waals surface area contributed by atoms with Gasteiger partial charge in [-0.2, -0.15) is 0 Å². The smallest absolute Gasteiger partial charge is 0.222 e. The van der Waals surface area contributed by atoms with Crippen molar-refractivity contribution in [2.75, 3.05) is 18.4 Å². The van der Waals surface area contributed by atoms with Gasteiger partial charge in [-0.15, -0.1) is 0 Å². The summed E-state index contributed by atoms with van der Waals surface area (Å²) in [5, 5.41) is 3.43. The quantitative estimate of drug-likeness (QED) is 0.906. The third-order valence-electron chi connectivity index (χ3n) is 3.45. The Balaban J connectivity index is 1.78. The van der Waals surface area contributed by atoms with E-state index >= 15 is 0 Å². The van der Waals surface area contributed by atoms with E-state index in [1.54, 1.807) is 6.20 Å². The number of rotatable bonds is 4. The predicted molar refractivity (Wildman–Crippen MR) is 76.9 cm³/mol. The largest absolute Gasteiger partial charge is 0.367 e. The van der Waals surface area contributed by atoms with Crippen LogP contribution < -0.4 is 5.32 Å². The van der Waals surface area contributed by atoms with Crippen LogP contribution in [0.4, 0.5) is 5.82 Å². The summed E-state index contributed by atoms with van der Waals surface area (Å²) in [5.41, 5.74) is 0. The number of piperidine rings is 1. The molecule has 1 aromatic heterocycles. The van der Waals surface area contributed by atoms with Crippen LogP contribution in [0.25, 0.3) is 0 Å². The van der Waals surface area contributed by atoms with Crippen molar-refractivity contribution in [1.29, 1.82) is 0 Å². The first-order chi connectivity index (χ1) is 9.15. The number of nitrogens with one attached hydrogen (secondary N) is 1. The summed E-state index contributed by atoms with van der Waals surface area (Å²) in [6, 6.07) is 6.31. The van der Waals surface area contributed by atoms with Gasteiger partial charge in [0.15, 0.2) is 0 Å². The third kappa shape index (κ3) is 4.23. The highest BCUT2D eigenvalue weighted by Crippen LogP contribution is 2.16. The van der Waals surface area contributed by atoms with Gasteiger partial charge in [0, 0.05) is 31.7 Å². The molecule has 104 valence electrons. The molecule has 0 radical (unpaired) electrons. The highest BCUT2D eigenvalue weighted by Gasteiger charge is 2.22. The van der Waals surface area contributed by atoms with Crippen molar-refractivity contribution >= 4 is 11.7 Å². The minimum Gasteiger partial charge on any atom is -0.367 e. The second-order valence-electron chi connectivity index (χ2n) is 5.61. The molecule has 2 heterocycles. The van der Waals surface area contributed by atoms with Gasteiger partial charge in [-0.1, -0.05) is 19.9 Å². The van der Waals surface area contributed by atoms with Crippen LogP contribution in [0.15, 0.2) is 24.4 Å². The van der Waals surface area contributed by atoms with Gasteiger partial charge in [-0.3, -0.25) is 4.79 Å². The van der Waals surface area contributed by atoms with Gasteiger partial charge >= 0.3 is 0 Å². The molecule has 0 saturated carbocycles. The zero-order chi connectivity index (χ0) is 13.7. The number of pyridine rings is 1. The molecule has 1 N–H and O–H groups in total. The SMILES string of the molecule is CC(C)CC(=O)N1CCC(Nc2ccccn2)CC1. The lowest BCUT2D eigenvalue weighted by Gasteiger charge is -2.33. The molecule has 0 aliphatic carbocycles. The summed E-state index contributed by atoms with van der Waals surface area (Å²) in [4.78, 5) is 18.2. The van der Waals surface area contributed by atoms with Crippen LogP contribution in [-0.2, 0) is 4.79 Å². The van der Waals surface area contributed by atoms with Crippen LogP contribution in [-0.4, -0.2) is 34.9 Å². The zero-order valence-electron chi connectivity index (χ0n) is 11.8. The maximum atomic E-state index is 12.0. The van der Waals surface area contributed by atoms with Crippen LogP contribution in [0, 0.1) is 5.92 Å². The number of amides is 1. The topological polar surface area (TPSA) is 45.2 Å². The van der Waals surface area contributed by atoms with E-state index in [1.807, 2.05) is 23.1 Å². The molecule has 1 saturated heterocycles. The highest BCUT2D eigenvalue weighted by molar-refractivity contribution is 5.76. The van der Waals surface area contributed by atoms with Gasteiger partial charge in [-0.25, -0.2) is 4.98 Å². The number of hydrogen-bond donors (Lipinski definition) is 1. The van der Waals surface area contributed by atoms with Crippen LogP contribution >= 0.6 is 0 Å². The number of likely N-dealkylation sites (tertiary alicyclic amines) is 1. The van der Waals surface area contributed by atoms with E-state index in [9.17, 15) is 4.79 Å². The van der Waals surface area contributed by atoms with Crippen molar-refractivity contribution in [2.24, 2.45) is 5.92 Å². The van der Waals surface area contributed by atoms with E-state index in [4.69, 9.17) is 0 Å². The Kier molecular flexibility index (Phi) is 4.77. The molecule has 4 nitrogen and oxygen atoms in total. The molecule has 1 aliphatic rings. The molecule has 2 rings (SSSR count). The first kappa shape index (κ1) is 13.8. The first-order valence-electron chi connectivity index (χ1n) is 7.10. The van der Waals surface area contributed by atoms with Crippen LogP contribution in [0.5, 0.6) is 0 Å². The van der Waals surface area contributed by atoms with E-state index in [1.165, 1.54) is 0 Å². The molecule has 1 aromatic rings. The number of hydrogen-bond acceptors (Lipinski definition) is 3. The van der Waals surface area contributed by atoms with E-state index in [2.05, 4.69) is 24.1 Å². The summed E-state index contributed by atoms with van der Waals surface area (Å²) in [6.45, 7) is 5.90. The lowest BCUT2D eigenvalue weighted by Crippen LogP contribution is -2.42. The number of carbonyl (C=O) groups is 1. The molecule has 1 amide bonds. The second kappa shape index (κ2) is 6.55. The molecule has 1 fully saturated rings. The standard InChI is InChI=1S/C15H23N3O/c1-12(2)11-15(19)18-9-6-13(7-10-18)17-14-5-3-4-8-16-14/h3-5,8,12-13H,6-7,9-11H2,1-2H3,(H,16,17). The fraction of sp³-hybridized carbons (Fsp3) is 0.600. The van der Waals surface area contributed by atoms with Gasteiger partial charge in [-0.05, 0) is 30.9 Å². The number of nitrogens with zero attached hydrogens (tertiary/aromatic N) is 2. The molecular formula is C15H23N3O. The lowest BCUT2D eigenvalue weighted by atomic mass is 10.0. The maximum Gasteiger partial charge on any atom is 0.222 e. The number of anilines is 1. The number of aromatic nitrogens is 1. The molecule has 1 aliphatic heterocycles. The van der Waals surface area contributed by atoms with Gasteiger partial charge < -0.3 is 10.2 Å².